The first-order valence-corrected chi connectivity index (χ1v) is 7.84. The molecule has 2 aromatic carbocycles. The Morgan fingerprint density at radius 2 is 1.71 bits per heavy atom. The maximum Gasteiger partial charge on any atom is 0.337 e. The van der Waals surface area contributed by atoms with Gasteiger partial charge in [-0.3, -0.25) is 4.79 Å². The van der Waals surface area contributed by atoms with Crippen LogP contribution in [-0.4, -0.2) is 31.6 Å². The SMILES string of the molecule is COC(=O)c1ccc(CCNC(=O)[C@@H](N)Cc2ccccc2)cc1. The van der Waals surface area contributed by atoms with Crippen molar-refractivity contribution in [3.63, 3.8) is 0 Å². The third-order valence-corrected chi connectivity index (χ3v) is 3.72. The van der Waals surface area contributed by atoms with Crippen LogP contribution in [0.5, 0.6) is 0 Å². The molecule has 5 nitrogen and oxygen atoms in total. The largest absolute Gasteiger partial charge is 0.465 e. The van der Waals surface area contributed by atoms with Gasteiger partial charge in [0.2, 0.25) is 5.91 Å². The summed E-state index contributed by atoms with van der Waals surface area (Å²) in [5.41, 5.74) is 8.51. The summed E-state index contributed by atoms with van der Waals surface area (Å²) in [6.07, 6.45) is 1.19. The summed E-state index contributed by atoms with van der Waals surface area (Å²) >= 11 is 0. The molecule has 5 heteroatoms. The number of ether oxygens (including phenoxy) is 1. The molecule has 24 heavy (non-hydrogen) atoms. The highest BCUT2D eigenvalue weighted by molar-refractivity contribution is 5.89. The molecule has 1 amide bonds. The van der Waals surface area contributed by atoms with Gasteiger partial charge in [-0.25, -0.2) is 4.79 Å². The van der Waals surface area contributed by atoms with E-state index in [4.69, 9.17) is 5.73 Å². The van der Waals surface area contributed by atoms with Crippen LogP contribution in [0.15, 0.2) is 54.6 Å². The molecule has 0 saturated carbocycles. The molecule has 1 atom stereocenters. The molecule has 0 aliphatic rings. The molecule has 3 N–H and O–H groups in total. The van der Waals surface area contributed by atoms with Crippen LogP contribution in [0.2, 0.25) is 0 Å². The molecule has 0 bridgehead atoms. The zero-order valence-electron chi connectivity index (χ0n) is 13.7. The van der Waals surface area contributed by atoms with Crippen molar-refractivity contribution in [2.45, 2.75) is 18.9 Å². The van der Waals surface area contributed by atoms with Gasteiger partial charge < -0.3 is 15.8 Å². The van der Waals surface area contributed by atoms with Gasteiger partial charge in [-0.2, -0.15) is 0 Å². The van der Waals surface area contributed by atoms with Crippen LogP contribution in [0.1, 0.15) is 21.5 Å². The summed E-state index contributed by atoms with van der Waals surface area (Å²) in [7, 11) is 1.35. The lowest BCUT2D eigenvalue weighted by Gasteiger charge is -2.12. The van der Waals surface area contributed by atoms with Crippen molar-refractivity contribution >= 4 is 11.9 Å². The first kappa shape index (κ1) is 17.7. The van der Waals surface area contributed by atoms with E-state index in [0.717, 1.165) is 11.1 Å². The minimum Gasteiger partial charge on any atom is -0.465 e. The Morgan fingerprint density at radius 1 is 1.04 bits per heavy atom. The molecule has 0 unspecified atom stereocenters. The smallest absolute Gasteiger partial charge is 0.337 e. The van der Waals surface area contributed by atoms with Crippen molar-refractivity contribution in [1.82, 2.24) is 5.32 Å². The number of methoxy groups -OCH3 is 1. The van der Waals surface area contributed by atoms with Crippen molar-refractivity contribution in [1.29, 1.82) is 0 Å². The van der Waals surface area contributed by atoms with Gasteiger partial charge in [-0.05, 0) is 36.1 Å². The first-order valence-electron chi connectivity index (χ1n) is 7.84. The van der Waals surface area contributed by atoms with Crippen LogP contribution in [0, 0.1) is 0 Å². The minimum absolute atomic E-state index is 0.162. The van der Waals surface area contributed by atoms with E-state index >= 15 is 0 Å². The van der Waals surface area contributed by atoms with Crippen LogP contribution in [0.4, 0.5) is 0 Å². The summed E-state index contributed by atoms with van der Waals surface area (Å²) in [4.78, 5) is 23.4. The lowest BCUT2D eigenvalue weighted by atomic mass is 10.1. The van der Waals surface area contributed by atoms with Crippen molar-refractivity contribution in [2.24, 2.45) is 5.73 Å². The number of hydrogen-bond acceptors (Lipinski definition) is 4. The third kappa shape index (κ3) is 5.21. The zero-order valence-corrected chi connectivity index (χ0v) is 13.7. The highest BCUT2D eigenvalue weighted by Crippen LogP contribution is 2.06. The Hall–Kier alpha value is -2.66. The quantitative estimate of drug-likeness (QED) is 0.759. The van der Waals surface area contributed by atoms with E-state index in [-0.39, 0.29) is 11.9 Å². The second kappa shape index (κ2) is 8.84. The van der Waals surface area contributed by atoms with Crippen LogP contribution < -0.4 is 11.1 Å². The minimum atomic E-state index is -0.561. The summed E-state index contributed by atoms with van der Waals surface area (Å²) in [5, 5.41) is 2.84. The highest BCUT2D eigenvalue weighted by atomic mass is 16.5. The summed E-state index contributed by atoms with van der Waals surface area (Å²) in [6.45, 7) is 0.499. The first-order chi connectivity index (χ1) is 11.6. The van der Waals surface area contributed by atoms with Gasteiger partial charge in [0.1, 0.15) is 0 Å². The Bertz CT molecular complexity index is 669. The van der Waals surface area contributed by atoms with E-state index in [2.05, 4.69) is 10.1 Å². The van der Waals surface area contributed by atoms with Crippen LogP contribution in [0.3, 0.4) is 0 Å². The molecule has 0 heterocycles. The van der Waals surface area contributed by atoms with E-state index in [1.165, 1.54) is 7.11 Å². The van der Waals surface area contributed by atoms with Crippen molar-refractivity contribution in [3.05, 3.63) is 71.3 Å². The third-order valence-electron chi connectivity index (χ3n) is 3.72. The number of amides is 1. The van der Waals surface area contributed by atoms with Crippen LogP contribution in [0.25, 0.3) is 0 Å². The standard InChI is InChI=1S/C19H22N2O3/c1-24-19(23)16-9-7-14(8-10-16)11-12-21-18(22)17(20)13-15-5-3-2-4-6-15/h2-10,17H,11-13,20H2,1H3,(H,21,22)/t17-/m0/s1. The van der Waals surface area contributed by atoms with E-state index < -0.39 is 6.04 Å². The number of esters is 1. The van der Waals surface area contributed by atoms with Crippen LogP contribution >= 0.6 is 0 Å². The fourth-order valence-corrected chi connectivity index (χ4v) is 2.35. The molecule has 126 valence electrons. The number of benzene rings is 2. The predicted molar refractivity (Wildman–Crippen MR) is 92.6 cm³/mol. The summed E-state index contributed by atoms with van der Waals surface area (Å²) < 4.78 is 4.65. The number of nitrogens with one attached hydrogen (secondary N) is 1. The van der Waals surface area contributed by atoms with Crippen LogP contribution in [-0.2, 0) is 22.4 Å². The number of carbonyl (C=O) groups excluding carboxylic acids is 2. The molecule has 0 aromatic heterocycles. The van der Waals surface area contributed by atoms with Gasteiger partial charge in [0.15, 0.2) is 0 Å². The highest BCUT2D eigenvalue weighted by Gasteiger charge is 2.13. The Balaban J connectivity index is 1.76. The molecule has 0 saturated heterocycles. The lowest BCUT2D eigenvalue weighted by molar-refractivity contribution is -0.122. The van der Waals surface area contributed by atoms with Crippen molar-refractivity contribution in [3.8, 4) is 0 Å². The van der Waals surface area contributed by atoms with Gasteiger partial charge in [-0.15, -0.1) is 0 Å². The lowest BCUT2D eigenvalue weighted by Crippen LogP contribution is -2.42. The monoisotopic (exact) mass is 326 g/mol. The zero-order chi connectivity index (χ0) is 17.4. The molecular weight excluding hydrogens is 304 g/mol. The topological polar surface area (TPSA) is 81.4 Å². The molecule has 0 radical (unpaired) electrons. The number of carbonyl (C=O) groups is 2. The molecule has 2 aromatic rings. The molecule has 2 rings (SSSR count). The van der Waals surface area contributed by atoms with E-state index in [1.807, 2.05) is 42.5 Å². The summed E-state index contributed by atoms with van der Waals surface area (Å²) in [6, 6.07) is 16.3. The van der Waals surface area contributed by atoms with E-state index in [9.17, 15) is 9.59 Å². The average molecular weight is 326 g/mol. The molecular formula is C19H22N2O3. The van der Waals surface area contributed by atoms with Gasteiger partial charge in [0.05, 0.1) is 18.7 Å². The predicted octanol–water partition coefficient (Wildman–Crippen LogP) is 1.70. The van der Waals surface area contributed by atoms with E-state index in [1.54, 1.807) is 12.1 Å². The second-order valence-corrected chi connectivity index (χ2v) is 5.53. The molecule has 0 aliphatic heterocycles. The number of nitrogens with two attached hydrogens (primary N) is 1. The summed E-state index contributed by atoms with van der Waals surface area (Å²) in [5.74, 6) is -0.522. The fraction of sp³-hybridized carbons (Fsp3) is 0.263. The molecule has 0 fully saturated rings. The Kier molecular flexibility index (Phi) is 6.51. The Labute approximate surface area is 141 Å². The Morgan fingerprint density at radius 3 is 2.33 bits per heavy atom. The average Bonchev–Trinajstić information content (AvgIpc) is 2.62. The van der Waals surface area contributed by atoms with Gasteiger partial charge in [-0.1, -0.05) is 42.5 Å². The molecule has 0 spiro atoms. The normalized spacial score (nSPS) is 11.6. The number of rotatable bonds is 7. The maximum atomic E-state index is 12.0. The fourth-order valence-electron chi connectivity index (χ4n) is 2.35. The van der Waals surface area contributed by atoms with Gasteiger partial charge >= 0.3 is 5.97 Å². The van der Waals surface area contributed by atoms with Gasteiger partial charge in [0.25, 0.3) is 0 Å². The number of hydrogen-bond donors (Lipinski definition) is 2. The van der Waals surface area contributed by atoms with E-state index in [0.29, 0.717) is 24.9 Å². The van der Waals surface area contributed by atoms with Crippen molar-refractivity contribution < 1.29 is 14.3 Å². The molecule has 0 aliphatic carbocycles. The maximum absolute atomic E-state index is 12.0. The van der Waals surface area contributed by atoms with Gasteiger partial charge in [0, 0.05) is 6.54 Å². The van der Waals surface area contributed by atoms with Crippen molar-refractivity contribution in [2.75, 3.05) is 13.7 Å². The second-order valence-electron chi connectivity index (χ2n) is 5.53.